The van der Waals surface area contributed by atoms with Crippen LogP contribution in [0.15, 0.2) is 68.8 Å². The number of hydrogen-bond acceptors (Lipinski definition) is 6. The van der Waals surface area contributed by atoms with E-state index >= 15 is 0 Å². The molecule has 10 heteroatoms. The van der Waals surface area contributed by atoms with Gasteiger partial charge in [0.25, 0.3) is 5.91 Å². The minimum Gasteiger partial charge on any atom is -0.468 e. The molecule has 0 spiro atoms. The molecule has 2 heterocycles. The van der Waals surface area contributed by atoms with Gasteiger partial charge in [-0.05, 0) is 35.0 Å². The summed E-state index contributed by atoms with van der Waals surface area (Å²) < 4.78 is 12.3. The van der Waals surface area contributed by atoms with Crippen molar-refractivity contribution < 1.29 is 18.7 Å². The molecule has 0 unspecified atom stereocenters. The van der Waals surface area contributed by atoms with Gasteiger partial charge >= 0.3 is 11.6 Å². The van der Waals surface area contributed by atoms with Crippen molar-refractivity contribution in [1.29, 1.82) is 0 Å². The molecule has 0 fully saturated rings. The van der Waals surface area contributed by atoms with Gasteiger partial charge < -0.3 is 13.7 Å². The number of benzene rings is 3. The molecule has 0 saturated carbocycles. The first kappa shape index (κ1) is 22.3. The zero-order valence-corrected chi connectivity index (χ0v) is 19.8. The first-order chi connectivity index (χ1) is 16.4. The minimum atomic E-state index is -0.809. The lowest BCUT2D eigenvalue weighted by Gasteiger charge is -2.06. The lowest BCUT2D eigenvalue weighted by Crippen LogP contribution is -2.23. The molecule has 5 rings (SSSR count). The van der Waals surface area contributed by atoms with E-state index in [2.05, 4.69) is 4.99 Å². The maximum absolute atomic E-state index is 13.1. The van der Waals surface area contributed by atoms with E-state index in [1.807, 2.05) is 30.3 Å². The summed E-state index contributed by atoms with van der Waals surface area (Å²) in [7, 11) is 1.25. The fourth-order valence-electron chi connectivity index (χ4n) is 3.70. The number of hydrogen-bond donors (Lipinski definition) is 0. The van der Waals surface area contributed by atoms with E-state index in [0.29, 0.717) is 21.2 Å². The molecule has 3 aromatic carbocycles. The van der Waals surface area contributed by atoms with Gasteiger partial charge in [-0.25, -0.2) is 4.79 Å². The molecule has 5 aromatic rings. The van der Waals surface area contributed by atoms with Crippen LogP contribution in [0.2, 0.25) is 10.0 Å². The quantitative estimate of drug-likeness (QED) is 0.188. The second kappa shape index (κ2) is 8.72. The highest BCUT2D eigenvalue weighted by Gasteiger charge is 2.19. The highest BCUT2D eigenvalue weighted by molar-refractivity contribution is 7.16. The third-order valence-electron chi connectivity index (χ3n) is 5.32. The van der Waals surface area contributed by atoms with Gasteiger partial charge in [0.1, 0.15) is 17.7 Å². The lowest BCUT2D eigenvalue weighted by molar-refractivity contribution is -0.141. The second-order valence-electron chi connectivity index (χ2n) is 7.32. The average Bonchev–Trinajstić information content (AvgIpc) is 3.17. The molecule has 0 aliphatic carbocycles. The Balaban J connectivity index is 1.72. The van der Waals surface area contributed by atoms with Crippen LogP contribution in [0.5, 0.6) is 0 Å². The van der Waals surface area contributed by atoms with Crippen LogP contribution in [-0.4, -0.2) is 23.6 Å². The highest BCUT2D eigenvalue weighted by Crippen LogP contribution is 2.32. The van der Waals surface area contributed by atoms with Gasteiger partial charge in [0, 0.05) is 5.39 Å². The molecule has 0 saturated heterocycles. The third-order valence-corrected chi connectivity index (χ3v) is 7.16. The van der Waals surface area contributed by atoms with Crippen LogP contribution in [-0.2, 0) is 16.1 Å². The number of aromatic nitrogens is 1. The fourth-order valence-corrected chi connectivity index (χ4v) is 5.21. The van der Waals surface area contributed by atoms with Crippen molar-refractivity contribution in [3.63, 3.8) is 0 Å². The Labute approximate surface area is 205 Å². The molecule has 0 aliphatic rings. The molecule has 7 nitrogen and oxygen atoms in total. The summed E-state index contributed by atoms with van der Waals surface area (Å²) >= 11 is 13.7. The van der Waals surface area contributed by atoms with Crippen LogP contribution < -0.4 is 10.4 Å². The van der Waals surface area contributed by atoms with Crippen LogP contribution >= 0.6 is 34.5 Å². The monoisotopic (exact) mass is 512 g/mol. The number of esters is 1. The highest BCUT2D eigenvalue weighted by atomic mass is 35.5. The molecule has 34 heavy (non-hydrogen) atoms. The van der Waals surface area contributed by atoms with E-state index in [1.165, 1.54) is 17.7 Å². The standard InChI is InChI=1S/C24H14Cl2N2O5S/c1-32-19(29)11-28-21-18(9-7-16(25)20(21)26)34-24(28)27-22(30)15-10-14-13-5-3-2-4-12(13)6-8-17(14)33-23(15)31/h2-10H,11H2,1H3. The van der Waals surface area contributed by atoms with Crippen LogP contribution in [0.3, 0.4) is 0 Å². The number of halogens is 2. The third kappa shape index (κ3) is 3.79. The van der Waals surface area contributed by atoms with Gasteiger partial charge in [0.2, 0.25) is 0 Å². The summed E-state index contributed by atoms with van der Waals surface area (Å²) in [6.45, 7) is -0.250. The number of carbonyl (C=O) groups excluding carboxylic acids is 2. The molecular weight excluding hydrogens is 499 g/mol. The van der Waals surface area contributed by atoms with Crippen molar-refractivity contribution in [2.75, 3.05) is 7.11 Å². The number of methoxy groups -OCH3 is 1. The average molecular weight is 513 g/mol. The topological polar surface area (TPSA) is 90.9 Å². The zero-order chi connectivity index (χ0) is 24.0. The smallest absolute Gasteiger partial charge is 0.349 e. The van der Waals surface area contributed by atoms with Gasteiger partial charge in [0.15, 0.2) is 4.80 Å². The van der Waals surface area contributed by atoms with E-state index in [4.69, 9.17) is 32.4 Å². The summed E-state index contributed by atoms with van der Waals surface area (Å²) in [4.78, 5) is 42.1. The molecular formula is C24H14Cl2N2O5S. The van der Waals surface area contributed by atoms with Crippen LogP contribution in [0.25, 0.3) is 32.0 Å². The molecule has 0 N–H and O–H groups in total. The van der Waals surface area contributed by atoms with Gasteiger partial charge in [-0.1, -0.05) is 64.9 Å². The van der Waals surface area contributed by atoms with E-state index < -0.39 is 17.5 Å². The van der Waals surface area contributed by atoms with E-state index in [9.17, 15) is 14.4 Å². The number of carbonyl (C=O) groups is 2. The second-order valence-corrected chi connectivity index (χ2v) is 9.11. The number of fused-ring (bicyclic) bond motifs is 4. The van der Waals surface area contributed by atoms with Gasteiger partial charge in [-0.15, -0.1) is 0 Å². The zero-order valence-electron chi connectivity index (χ0n) is 17.5. The van der Waals surface area contributed by atoms with Crippen LogP contribution in [0.1, 0.15) is 10.4 Å². The predicted octanol–water partition coefficient (Wildman–Crippen LogP) is 5.18. The minimum absolute atomic E-state index is 0.159. The van der Waals surface area contributed by atoms with Crippen molar-refractivity contribution >= 4 is 78.4 Å². The normalized spacial score (nSPS) is 12.0. The molecule has 0 atom stereocenters. The molecule has 0 aliphatic heterocycles. The number of amides is 1. The fraction of sp³-hybridized carbons (Fsp3) is 0.0833. The molecule has 2 aromatic heterocycles. The summed E-state index contributed by atoms with van der Waals surface area (Å²) in [5.41, 5.74) is -0.231. The SMILES string of the molecule is COC(=O)Cn1c(=NC(=O)c2cc3c(ccc4ccccc43)oc2=O)sc2ccc(Cl)c(Cl)c21. The number of nitrogens with zero attached hydrogens (tertiary/aromatic N) is 2. The van der Waals surface area contributed by atoms with Crippen molar-refractivity contribution in [3.8, 4) is 0 Å². The lowest BCUT2D eigenvalue weighted by atomic mass is 10.0. The largest absolute Gasteiger partial charge is 0.468 e. The van der Waals surface area contributed by atoms with Gasteiger partial charge in [0.05, 0.1) is 27.4 Å². The molecule has 170 valence electrons. The van der Waals surface area contributed by atoms with E-state index in [1.54, 1.807) is 18.2 Å². The Bertz CT molecular complexity index is 1770. The Kier molecular flexibility index (Phi) is 5.73. The van der Waals surface area contributed by atoms with Crippen molar-refractivity contribution in [2.45, 2.75) is 6.54 Å². The van der Waals surface area contributed by atoms with Gasteiger partial charge in [-0.2, -0.15) is 4.99 Å². The molecule has 0 radical (unpaired) electrons. The molecule has 0 bridgehead atoms. The van der Waals surface area contributed by atoms with E-state index in [0.717, 1.165) is 22.1 Å². The maximum atomic E-state index is 13.1. The number of ether oxygens (including phenoxy) is 1. The predicted molar refractivity (Wildman–Crippen MR) is 132 cm³/mol. The summed E-state index contributed by atoms with van der Waals surface area (Å²) in [6.07, 6.45) is 0. The number of rotatable bonds is 3. The summed E-state index contributed by atoms with van der Waals surface area (Å²) in [5, 5.41) is 2.88. The molecule has 1 amide bonds. The van der Waals surface area contributed by atoms with Crippen LogP contribution in [0.4, 0.5) is 0 Å². The summed E-state index contributed by atoms with van der Waals surface area (Å²) in [6, 6.07) is 15.9. The van der Waals surface area contributed by atoms with Crippen molar-refractivity contribution in [2.24, 2.45) is 4.99 Å². The Morgan fingerprint density at radius 1 is 1.09 bits per heavy atom. The Morgan fingerprint density at radius 2 is 1.88 bits per heavy atom. The number of thiazole rings is 1. The van der Waals surface area contributed by atoms with Crippen molar-refractivity contribution in [3.05, 3.63) is 85.4 Å². The Hall–Kier alpha value is -3.46. The summed E-state index contributed by atoms with van der Waals surface area (Å²) in [5.74, 6) is -1.38. The first-order valence-electron chi connectivity index (χ1n) is 9.96. The van der Waals surface area contributed by atoms with Crippen LogP contribution in [0, 0.1) is 0 Å². The van der Waals surface area contributed by atoms with Crippen molar-refractivity contribution in [1.82, 2.24) is 4.57 Å². The maximum Gasteiger partial charge on any atom is 0.349 e. The Morgan fingerprint density at radius 3 is 2.68 bits per heavy atom. The van der Waals surface area contributed by atoms with Gasteiger partial charge in [-0.3, -0.25) is 9.59 Å². The first-order valence-corrected chi connectivity index (χ1v) is 11.5. The van der Waals surface area contributed by atoms with E-state index in [-0.39, 0.29) is 27.0 Å².